The van der Waals surface area contributed by atoms with E-state index in [0.29, 0.717) is 30.7 Å². The number of allylic oxidation sites excluding steroid dienone is 1. The number of nitrogens with zero attached hydrogens (tertiary/aromatic N) is 1. The molecule has 1 unspecified atom stereocenters. The van der Waals surface area contributed by atoms with E-state index in [4.69, 9.17) is 9.15 Å². The molecule has 0 bridgehead atoms. The summed E-state index contributed by atoms with van der Waals surface area (Å²) in [4.78, 5) is 37.3. The number of amides is 1. The molecule has 1 aliphatic rings. The van der Waals surface area contributed by atoms with Gasteiger partial charge in [0.2, 0.25) is 11.7 Å². The molecule has 1 amide bonds. The van der Waals surface area contributed by atoms with Crippen LogP contribution in [0, 0.1) is 0 Å². The summed E-state index contributed by atoms with van der Waals surface area (Å²) >= 11 is 3.18. The molecule has 7 heteroatoms. The number of esters is 1. The fourth-order valence-corrected chi connectivity index (χ4v) is 3.42. The van der Waals surface area contributed by atoms with Crippen LogP contribution < -0.4 is 0 Å². The van der Waals surface area contributed by atoms with Crippen LogP contribution in [0.4, 0.5) is 0 Å². The van der Waals surface area contributed by atoms with Crippen LogP contribution in [0.1, 0.15) is 62.4 Å². The van der Waals surface area contributed by atoms with Crippen molar-refractivity contribution in [1.82, 2.24) is 4.90 Å². The minimum Gasteiger partial charge on any atom is -0.466 e. The Bertz CT molecular complexity index is 682. The molecule has 1 aromatic rings. The van der Waals surface area contributed by atoms with Crippen LogP contribution in [0.25, 0.3) is 0 Å². The van der Waals surface area contributed by atoms with E-state index in [1.807, 2.05) is 4.90 Å². The molecule has 1 fully saturated rings. The van der Waals surface area contributed by atoms with Gasteiger partial charge in [-0.2, -0.15) is 0 Å². The van der Waals surface area contributed by atoms with Crippen LogP contribution in [0.15, 0.2) is 33.4 Å². The number of hydrogen-bond acceptors (Lipinski definition) is 5. The highest BCUT2D eigenvalue weighted by Gasteiger charge is 2.28. The van der Waals surface area contributed by atoms with Crippen molar-refractivity contribution in [2.24, 2.45) is 0 Å². The molecule has 2 rings (SSSR count). The first-order valence-electron chi connectivity index (χ1n) is 9.44. The van der Waals surface area contributed by atoms with E-state index in [1.165, 1.54) is 6.08 Å². The van der Waals surface area contributed by atoms with Crippen molar-refractivity contribution in [2.75, 3.05) is 13.2 Å². The number of ketones is 1. The quantitative estimate of drug-likeness (QED) is 0.222. The molecule has 0 aliphatic carbocycles. The minimum atomic E-state index is -0.209. The second-order valence-electron chi connectivity index (χ2n) is 6.49. The van der Waals surface area contributed by atoms with Crippen molar-refractivity contribution >= 4 is 33.6 Å². The Morgan fingerprint density at radius 1 is 1.30 bits per heavy atom. The second-order valence-corrected chi connectivity index (χ2v) is 7.27. The molecule has 2 heterocycles. The number of unbranched alkanes of at least 4 members (excludes halogenated alkanes) is 3. The molecule has 0 N–H and O–H groups in total. The number of ether oxygens (including phenoxy) is 1. The van der Waals surface area contributed by atoms with E-state index >= 15 is 0 Å². The predicted molar refractivity (Wildman–Crippen MR) is 104 cm³/mol. The van der Waals surface area contributed by atoms with Crippen LogP contribution in [0.2, 0.25) is 0 Å². The predicted octanol–water partition coefficient (Wildman–Crippen LogP) is 4.29. The van der Waals surface area contributed by atoms with E-state index < -0.39 is 0 Å². The minimum absolute atomic E-state index is 0.0422. The summed E-state index contributed by atoms with van der Waals surface area (Å²) in [5, 5.41) is 0. The highest BCUT2D eigenvalue weighted by Crippen LogP contribution is 2.21. The van der Waals surface area contributed by atoms with Gasteiger partial charge >= 0.3 is 5.97 Å². The van der Waals surface area contributed by atoms with Crippen molar-refractivity contribution in [3.05, 3.63) is 34.7 Å². The average molecular weight is 440 g/mol. The van der Waals surface area contributed by atoms with Gasteiger partial charge in [0, 0.05) is 19.4 Å². The topological polar surface area (TPSA) is 76.8 Å². The molecule has 148 valence electrons. The van der Waals surface area contributed by atoms with Crippen LogP contribution in [0.5, 0.6) is 0 Å². The van der Waals surface area contributed by atoms with Crippen molar-refractivity contribution < 1.29 is 23.5 Å². The third kappa shape index (κ3) is 6.97. The van der Waals surface area contributed by atoms with Gasteiger partial charge in [-0.05, 0) is 60.3 Å². The molecule has 0 aromatic carbocycles. The van der Waals surface area contributed by atoms with Crippen molar-refractivity contribution in [2.45, 2.75) is 57.9 Å². The highest BCUT2D eigenvalue weighted by molar-refractivity contribution is 9.10. The lowest BCUT2D eigenvalue weighted by Crippen LogP contribution is -2.32. The Hall–Kier alpha value is -1.89. The van der Waals surface area contributed by atoms with E-state index in [0.717, 1.165) is 32.1 Å². The van der Waals surface area contributed by atoms with E-state index in [-0.39, 0.29) is 29.5 Å². The number of hydrogen-bond donors (Lipinski definition) is 0. The molecular weight excluding hydrogens is 414 g/mol. The van der Waals surface area contributed by atoms with Crippen molar-refractivity contribution in [3.8, 4) is 0 Å². The number of carbonyl (C=O) groups is 3. The zero-order chi connectivity index (χ0) is 19.6. The largest absolute Gasteiger partial charge is 0.466 e. The summed E-state index contributed by atoms with van der Waals surface area (Å²) in [7, 11) is 0. The summed E-state index contributed by atoms with van der Waals surface area (Å²) in [5.74, 6) is 0.0459. The fraction of sp³-hybridized carbons (Fsp3) is 0.550. The maximum atomic E-state index is 12.1. The van der Waals surface area contributed by atoms with Gasteiger partial charge in [-0.25, -0.2) is 0 Å². The molecule has 1 aliphatic heterocycles. The normalized spacial score (nSPS) is 17.0. The van der Waals surface area contributed by atoms with Crippen LogP contribution in [-0.2, 0) is 14.3 Å². The zero-order valence-electron chi connectivity index (χ0n) is 15.6. The smallest absolute Gasteiger partial charge is 0.305 e. The van der Waals surface area contributed by atoms with Gasteiger partial charge in [-0.1, -0.05) is 18.9 Å². The van der Waals surface area contributed by atoms with Gasteiger partial charge in [0.25, 0.3) is 0 Å². The van der Waals surface area contributed by atoms with Gasteiger partial charge in [0.1, 0.15) is 0 Å². The summed E-state index contributed by atoms with van der Waals surface area (Å²) < 4.78 is 10.7. The lowest BCUT2D eigenvalue weighted by atomic mass is 10.1. The zero-order valence-corrected chi connectivity index (χ0v) is 17.2. The summed E-state index contributed by atoms with van der Waals surface area (Å²) in [6.07, 6.45) is 8.57. The number of halogens is 1. The van der Waals surface area contributed by atoms with E-state index in [1.54, 1.807) is 25.1 Å². The molecule has 0 saturated carbocycles. The molecule has 6 nitrogen and oxygen atoms in total. The Morgan fingerprint density at radius 2 is 2.07 bits per heavy atom. The number of carbonyl (C=O) groups excluding carboxylic acids is 3. The standard InChI is InChI=1S/C20H26BrNO5/c1-2-26-20(25)7-5-3-4-6-14-22-15(9-13-19(22)24)8-10-16(23)17-11-12-18(21)27-17/h8,10-12,15H,2-7,9,13-14H2,1H3/b10-8+. The van der Waals surface area contributed by atoms with Gasteiger partial charge in [0.15, 0.2) is 10.4 Å². The van der Waals surface area contributed by atoms with Crippen molar-refractivity contribution in [1.29, 1.82) is 0 Å². The maximum Gasteiger partial charge on any atom is 0.305 e. The number of likely N-dealkylation sites (tertiary alicyclic amines) is 1. The lowest BCUT2D eigenvalue weighted by molar-refractivity contribution is -0.143. The number of rotatable bonds is 11. The summed E-state index contributed by atoms with van der Waals surface area (Å²) in [6, 6.07) is 3.25. The first kappa shape index (κ1) is 21.4. The van der Waals surface area contributed by atoms with E-state index in [2.05, 4.69) is 15.9 Å². The van der Waals surface area contributed by atoms with Crippen LogP contribution in [0.3, 0.4) is 0 Å². The summed E-state index contributed by atoms with van der Waals surface area (Å²) in [5.41, 5.74) is 0. The highest BCUT2D eigenvalue weighted by atomic mass is 79.9. The molecular formula is C20H26BrNO5. The maximum absolute atomic E-state index is 12.1. The monoisotopic (exact) mass is 439 g/mol. The Morgan fingerprint density at radius 3 is 2.78 bits per heavy atom. The van der Waals surface area contributed by atoms with Crippen molar-refractivity contribution in [3.63, 3.8) is 0 Å². The average Bonchev–Trinajstić information content (AvgIpc) is 3.22. The van der Waals surface area contributed by atoms with Gasteiger partial charge in [-0.15, -0.1) is 0 Å². The Balaban J connectivity index is 1.73. The molecule has 0 radical (unpaired) electrons. The van der Waals surface area contributed by atoms with Gasteiger partial charge < -0.3 is 14.1 Å². The van der Waals surface area contributed by atoms with E-state index in [9.17, 15) is 14.4 Å². The molecule has 0 spiro atoms. The first-order chi connectivity index (χ1) is 13.0. The van der Waals surface area contributed by atoms with Crippen LogP contribution >= 0.6 is 15.9 Å². The summed E-state index contributed by atoms with van der Waals surface area (Å²) in [6.45, 7) is 2.90. The SMILES string of the molecule is CCOC(=O)CCCCCCN1C(=O)CCC1/C=C/C(=O)c1ccc(Br)o1. The Labute approximate surface area is 168 Å². The molecule has 1 aromatic heterocycles. The first-order valence-corrected chi connectivity index (χ1v) is 10.2. The molecule has 1 saturated heterocycles. The number of furan rings is 1. The fourth-order valence-electron chi connectivity index (χ4n) is 3.11. The Kier molecular flexibility index (Phi) is 8.78. The van der Waals surface area contributed by atoms with Crippen LogP contribution in [-0.4, -0.2) is 41.8 Å². The van der Waals surface area contributed by atoms with Gasteiger partial charge in [-0.3, -0.25) is 14.4 Å². The van der Waals surface area contributed by atoms with Gasteiger partial charge in [0.05, 0.1) is 12.6 Å². The molecule has 1 atom stereocenters. The molecule has 27 heavy (non-hydrogen) atoms. The third-order valence-corrected chi connectivity index (χ3v) is 4.92. The third-order valence-electron chi connectivity index (χ3n) is 4.50. The second kappa shape index (κ2) is 11.1. The lowest BCUT2D eigenvalue weighted by Gasteiger charge is -2.22.